The van der Waals surface area contributed by atoms with Gasteiger partial charge in [0.05, 0.1) is 0 Å². The van der Waals surface area contributed by atoms with E-state index in [1.54, 1.807) is 18.2 Å². The molecule has 0 saturated heterocycles. The molecule has 0 aliphatic heterocycles. The fourth-order valence-electron chi connectivity index (χ4n) is 0.731. The predicted molar refractivity (Wildman–Crippen MR) is 40.9 cm³/mol. The van der Waals surface area contributed by atoms with E-state index in [1.165, 1.54) is 0 Å². The summed E-state index contributed by atoms with van der Waals surface area (Å²) in [5.41, 5.74) is 1.43. The summed E-state index contributed by atoms with van der Waals surface area (Å²) >= 11 is 5.65. The topological polar surface area (TPSA) is 28.1 Å². The third-order valence-corrected chi connectivity index (χ3v) is 1.50. The molecule has 0 aliphatic rings. The summed E-state index contributed by atoms with van der Waals surface area (Å²) < 4.78 is 0. The molecule has 0 aliphatic carbocycles. The van der Waals surface area contributed by atoms with Crippen LogP contribution in [0, 0.1) is 12.3 Å². The molecule has 0 fully saturated rings. The summed E-state index contributed by atoms with van der Waals surface area (Å²) in [6.45, 7) is 1.83. The Labute approximate surface area is 107 Å². The second-order valence-corrected chi connectivity index (χ2v) is 2.47. The summed E-state index contributed by atoms with van der Waals surface area (Å²) in [5, 5.41) is 9.05. The minimum atomic E-state index is 0. The second-order valence-electron chi connectivity index (χ2n) is 2.03. The number of halogens is 3. The van der Waals surface area contributed by atoms with Crippen LogP contribution in [0.25, 0.3) is 4.98 Å². The summed E-state index contributed by atoms with van der Waals surface area (Å²) in [6, 6.07) is 5.10. The number of benzene rings is 1. The Balaban J connectivity index is -0.000000333. The van der Waals surface area contributed by atoms with Crippen LogP contribution in [-0.4, -0.2) is 0 Å². The smallest absolute Gasteiger partial charge is 1.00 e. The minimum Gasteiger partial charge on any atom is -1.00 e. The van der Waals surface area contributed by atoms with Gasteiger partial charge < -0.3 is 24.8 Å². The van der Waals surface area contributed by atoms with Gasteiger partial charge >= 0.3 is 25.2 Å². The van der Waals surface area contributed by atoms with Crippen LogP contribution in [0.3, 0.4) is 0 Å². The quantitative estimate of drug-likeness (QED) is 0.373. The third-order valence-electron chi connectivity index (χ3n) is 1.27. The van der Waals surface area contributed by atoms with Crippen molar-refractivity contribution < 1.29 is 44.3 Å². The Bertz CT molecular complexity index is 298. The van der Waals surface area contributed by atoms with Crippen LogP contribution in [0.1, 0.15) is 5.56 Å². The Hall–Kier alpha value is 0.133. The van der Waals surface area contributed by atoms with Crippen LogP contribution in [0.4, 0.5) is 5.69 Å². The van der Waals surface area contributed by atoms with Crippen molar-refractivity contribution in [1.82, 2.24) is 0 Å². The van der Waals surface area contributed by atoms with E-state index in [1.807, 2.05) is 6.92 Å². The summed E-state index contributed by atoms with van der Waals surface area (Å²) in [7, 11) is 0. The van der Waals surface area contributed by atoms with E-state index in [-0.39, 0.29) is 44.3 Å². The summed E-state index contributed by atoms with van der Waals surface area (Å²) in [6.07, 6.45) is 0. The van der Waals surface area contributed by atoms with Crippen LogP contribution in [0.5, 0.6) is 0 Å². The Morgan fingerprint density at radius 2 is 1.85 bits per heavy atom. The van der Waals surface area contributed by atoms with Gasteiger partial charge in [-0.1, -0.05) is 11.6 Å². The minimum absolute atomic E-state index is 0. The molecule has 67 valence electrons. The molecule has 2 nitrogen and oxygen atoms in total. The van der Waals surface area contributed by atoms with Gasteiger partial charge in [-0.25, -0.2) is 0 Å². The first-order valence-electron chi connectivity index (χ1n) is 2.85. The van der Waals surface area contributed by atoms with Crippen LogP contribution >= 0.6 is 11.6 Å². The van der Waals surface area contributed by atoms with E-state index in [0.29, 0.717) is 10.7 Å². The van der Waals surface area contributed by atoms with Crippen LogP contribution in [-0.2, 0) is 19.5 Å². The Kier molecular flexibility index (Phi) is 12.6. The van der Waals surface area contributed by atoms with Crippen LogP contribution < -0.4 is 24.8 Å². The van der Waals surface area contributed by atoms with Crippen molar-refractivity contribution in [1.29, 1.82) is 5.39 Å². The molecule has 0 N–H and O–H groups in total. The molecule has 0 atom stereocenters. The number of hydrogen-bond donors (Lipinski definition) is 0. The molecule has 0 aromatic heterocycles. The maximum atomic E-state index is 8.39. The average Bonchev–Trinajstić information content (AvgIpc) is 1.88. The standard InChI is InChI=1S/C7H6ClN2.2ClH.Zn/c1-5-4-6(8)2-3-7(5)10-9;;;/h2-4H,1H3;2*1H;/q+1;;;+1/p-2. The van der Waals surface area contributed by atoms with E-state index in [2.05, 4.69) is 4.98 Å². The molecule has 13 heavy (non-hydrogen) atoms. The number of diazo groups is 1. The number of rotatable bonds is 0. The zero-order valence-electron chi connectivity index (χ0n) is 6.97. The first-order valence-corrected chi connectivity index (χ1v) is 3.23. The molecule has 1 rings (SSSR count). The second kappa shape index (κ2) is 8.72. The molecule has 0 heterocycles. The van der Waals surface area contributed by atoms with Gasteiger partial charge in [0.1, 0.15) is 0 Å². The van der Waals surface area contributed by atoms with Crippen molar-refractivity contribution in [3.05, 3.63) is 33.8 Å². The number of nitrogens with zero attached hydrogens (tertiary/aromatic N) is 2. The maximum Gasteiger partial charge on any atom is 1.00 e. The maximum absolute atomic E-state index is 8.39. The van der Waals surface area contributed by atoms with Gasteiger partial charge in [-0.05, 0) is 19.1 Å². The van der Waals surface area contributed by atoms with Crippen molar-refractivity contribution in [3.8, 4) is 0 Å². The van der Waals surface area contributed by atoms with Gasteiger partial charge in [-0.3, -0.25) is 0 Å². The molecule has 1 aromatic rings. The van der Waals surface area contributed by atoms with Gasteiger partial charge in [0.25, 0.3) is 0 Å². The molecule has 0 spiro atoms. The molecule has 1 aromatic carbocycles. The van der Waals surface area contributed by atoms with E-state index >= 15 is 0 Å². The van der Waals surface area contributed by atoms with E-state index in [0.717, 1.165) is 5.56 Å². The zero-order chi connectivity index (χ0) is 7.56. The van der Waals surface area contributed by atoms with Gasteiger partial charge in [0.15, 0.2) is 4.98 Å². The molecule has 0 saturated carbocycles. The van der Waals surface area contributed by atoms with E-state index in [9.17, 15) is 0 Å². The monoisotopic (exact) mass is 287 g/mol. The molecular weight excluding hydrogens is 284 g/mol. The van der Waals surface area contributed by atoms with Crippen LogP contribution in [0.2, 0.25) is 5.02 Å². The van der Waals surface area contributed by atoms with E-state index in [4.69, 9.17) is 17.0 Å². The first kappa shape index (κ1) is 18.8. The van der Waals surface area contributed by atoms with Crippen molar-refractivity contribution >= 4 is 17.3 Å². The summed E-state index contributed by atoms with van der Waals surface area (Å²) in [5.74, 6) is 0. The van der Waals surface area contributed by atoms with Crippen molar-refractivity contribution in [2.75, 3.05) is 0 Å². The molecule has 0 unspecified atom stereocenters. The first-order chi connectivity index (χ1) is 4.74. The third kappa shape index (κ3) is 5.44. The SMILES string of the molecule is Cc1cc(Cl)ccc1[N+]#N.[Cl-].[Cl-].[Zn+]. The molecule has 6 heteroatoms. The molecule has 1 radical (unpaired) electrons. The predicted octanol–water partition coefficient (Wildman–Crippen LogP) is -2.86. The van der Waals surface area contributed by atoms with E-state index < -0.39 is 0 Å². The fourth-order valence-corrected chi connectivity index (χ4v) is 0.958. The number of aryl methyl sites for hydroxylation is 1. The fraction of sp³-hybridized carbons (Fsp3) is 0.143. The Morgan fingerprint density at radius 1 is 1.31 bits per heavy atom. The van der Waals surface area contributed by atoms with Crippen molar-refractivity contribution in [2.24, 2.45) is 0 Å². The van der Waals surface area contributed by atoms with Crippen LogP contribution in [0.15, 0.2) is 18.2 Å². The largest absolute Gasteiger partial charge is 1.00 e. The zero-order valence-corrected chi connectivity index (χ0v) is 12.2. The van der Waals surface area contributed by atoms with Gasteiger partial charge in [0, 0.05) is 16.7 Å². The average molecular weight is 290 g/mol. The Morgan fingerprint density at radius 3 is 2.23 bits per heavy atom. The molecular formula is C7H6Cl3N2Zn. The molecule has 0 amide bonds. The van der Waals surface area contributed by atoms with Crippen molar-refractivity contribution in [2.45, 2.75) is 6.92 Å². The van der Waals surface area contributed by atoms with Gasteiger partial charge in [0.2, 0.25) is 5.39 Å². The van der Waals surface area contributed by atoms with Gasteiger partial charge in [-0.15, -0.1) is 0 Å². The van der Waals surface area contributed by atoms with Crippen molar-refractivity contribution in [3.63, 3.8) is 0 Å². The number of hydrogen-bond acceptors (Lipinski definition) is 1. The molecule has 0 bridgehead atoms. The summed E-state index contributed by atoms with van der Waals surface area (Å²) in [4.78, 5) is 3.05. The van der Waals surface area contributed by atoms with Gasteiger partial charge in [-0.2, -0.15) is 0 Å². The normalized spacial score (nSPS) is 6.85.